The lowest BCUT2D eigenvalue weighted by Crippen LogP contribution is -2.37. The summed E-state index contributed by atoms with van der Waals surface area (Å²) in [6.07, 6.45) is 5.09. The van der Waals surface area contributed by atoms with Gasteiger partial charge >= 0.3 is 0 Å². The number of terminal acetylenes is 1. The van der Waals surface area contributed by atoms with Gasteiger partial charge in [0.1, 0.15) is 5.58 Å². The maximum Gasteiger partial charge on any atom is 0.287 e. The molecule has 3 aromatic rings. The molecule has 0 bridgehead atoms. The van der Waals surface area contributed by atoms with Gasteiger partial charge in [0, 0.05) is 16.7 Å². The van der Waals surface area contributed by atoms with Crippen molar-refractivity contribution in [1.29, 1.82) is 0 Å². The van der Waals surface area contributed by atoms with Crippen LogP contribution in [0.4, 0.5) is 0 Å². The van der Waals surface area contributed by atoms with Crippen LogP contribution in [-0.4, -0.2) is 24.9 Å². The number of furan rings is 1. The predicted molar refractivity (Wildman–Crippen MR) is 104 cm³/mol. The van der Waals surface area contributed by atoms with E-state index in [0.29, 0.717) is 11.3 Å². The third kappa shape index (κ3) is 4.28. The Labute approximate surface area is 159 Å². The van der Waals surface area contributed by atoms with Gasteiger partial charge in [-0.1, -0.05) is 30.2 Å². The fourth-order valence-electron chi connectivity index (χ4n) is 2.37. The third-order valence-corrected chi connectivity index (χ3v) is 5.71. The molecule has 0 aliphatic carbocycles. The third-order valence-electron chi connectivity index (χ3n) is 3.56. The largest absolute Gasteiger partial charge is 0.451 e. The lowest BCUT2D eigenvalue weighted by Gasteiger charge is -2.05. The van der Waals surface area contributed by atoms with Crippen LogP contribution in [0.3, 0.4) is 0 Å². The van der Waals surface area contributed by atoms with Gasteiger partial charge in [0.25, 0.3) is 5.91 Å². The van der Waals surface area contributed by atoms with Crippen LogP contribution < -0.4 is 10.6 Å². The van der Waals surface area contributed by atoms with E-state index in [0.717, 1.165) is 15.2 Å². The minimum atomic E-state index is -0.418. The molecule has 132 valence electrons. The van der Waals surface area contributed by atoms with Crippen molar-refractivity contribution < 1.29 is 14.0 Å². The Morgan fingerprint density at radius 3 is 2.81 bits per heavy atom. The fourth-order valence-corrected chi connectivity index (χ4v) is 4.18. The number of amides is 2. The summed E-state index contributed by atoms with van der Waals surface area (Å²) >= 11 is 3.29. The summed E-state index contributed by atoms with van der Waals surface area (Å²) in [6, 6.07) is 11.5. The van der Waals surface area contributed by atoms with Crippen LogP contribution in [0.25, 0.3) is 11.0 Å². The van der Waals surface area contributed by atoms with Crippen LogP contribution in [0.5, 0.6) is 0 Å². The van der Waals surface area contributed by atoms with Gasteiger partial charge in [0.2, 0.25) is 5.91 Å². The molecule has 0 aliphatic heterocycles. The van der Waals surface area contributed by atoms with E-state index in [2.05, 4.69) is 16.6 Å². The van der Waals surface area contributed by atoms with Crippen LogP contribution in [0.2, 0.25) is 0 Å². The molecule has 2 amide bonds. The van der Waals surface area contributed by atoms with Crippen molar-refractivity contribution in [3.05, 3.63) is 53.1 Å². The lowest BCUT2D eigenvalue weighted by atomic mass is 10.1. The highest BCUT2D eigenvalue weighted by atomic mass is 32.2. The number of thioether (sulfide) groups is 1. The van der Waals surface area contributed by atoms with E-state index in [1.165, 1.54) is 0 Å². The zero-order valence-electron chi connectivity index (χ0n) is 13.8. The molecular weight excluding hydrogens is 368 g/mol. The second kappa shape index (κ2) is 8.61. The summed E-state index contributed by atoms with van der Waals surface area (Å²) in [4.78, 5) is 24.2. The molecule has 0 atom stereocenters. The van der Waals surface area contributed by atoms with Crippen molar-refractivity contribution in [1.82, 2.24) is 10.6 Å². The molecule has 0 saturated heterocycles. The molecule has 0 fully saturated rings. The molecule has 0 saturated carbocycles. The summed E-state index contributed by atoms with van der Waals surface area (Å²) in [5, 5.41) is 8.00. The van der Waals surface area contributed by atoms with Crippen molar-refractivity contribution in [2.24, 2.45) is 0 Å². The van der Waals surface area contributed by atoms with Crippen molar-refractivity contribution >= 4 is 45.9 Å². The highest BCUT2D eigenvalue weighted by molar-refractivity contribution is 8.00. The van der Waals surface area contributed by atoms with Gasteiger partial charge in [-0.05, 0) is 17.5 Å². The van der Waals surface area contributed by atoms with Crippen molar-refractivity contribution in [3.63, 3.8) is 0 Å². The molecule has 0 unspecified atom stereocenters. The van der Waals surface area contributed by atoms with Gasteiger partial charge in [-0.15, -0.1) is 29.5 Å². The summed E-state index contributed by atoms with van der Waals surface area (Å²) < 4.78 is 6.92. The second-order valence-electron chi connectivity index (χ2n) is 5.29. The first-order chi connectivity index (χ1) is 12.7. The molecular formula is C19H16N2O3S2. The van der Waals surface area contributed by atoms with Crippen LogP contribution >= 0.6 is 23.1 Å². The number of carbonyl (C=O) groups is 2. The van der Waals surface area contributed by atoms with Gasteiger partial charge in [0.15, 0.2) is 5.76 Å². The molecule has 2 N–H and O–H groups in total. The first-order valence-corrected chi connectivity index (χ1v) is 9.70. The molecule has 5 nitrogen and oxygen atoms in total. The SMILES string of the molecule is C#CCNC(=O)CNC(=O)c1oc2ccccc2c1CSc1cccs1. The summed E-state index contributed by atoms with van der Waals surface area (Å²) in [5.74, 6) is 2.38. The Bertz CT molecular complexity index is 955. The van der Waals surface area contributed by atoms with Gasteiger partial charge in [-0.3, -0.25) is 9.59 Å². The first kappa shape index (κ1) is 18.1. The van der Waals surface area contributed by atoms with E-state index in [-0.39, 0.29) is 24.8 Å². The minimum Gasteiger partial charge on any atom is -0.451 e. The molecule has 2 aromatic heterocycles. The number of nitrogens with one attached hydrogen (secondary N) is 2. The topological polar surface area (TPSA) is 71.3 Å². The monoisotopic (exact) mass is 384 g/mol. The highest BCUT2D eigenvalue weighted by Gasteiger charge is 2.21. The average molecular weight is 384 g/mol. The van der Waals surface area contributed by atoms with E-state index in [4.69, 9.17) is 10.8 Å². The van der Waals surface area contributed by atoms with E-state index >= 15 is 0 Å². The van der Waals surface area contributed by atoms with Crippen LogP contribution in [0, 0.1) is 12.3 Å². The van der Waals surface area contributed by atoms with Gasteiger partial charge in [-0.25, -0.2) is 0 Å². The fraction of sp³-hybridized carbons (Fsp3) is 0.158. The standard InChI is InChI=1S/C19H16N2O3S2/c1-2-9-20-16(22)11-21-19(23)18-14(12-26-17-8-5-10-25-17)13-6-3-4-7-15(13)24-18/h1,3-8,10H,9,11-12H2,(H,20,22)(H,21,23). The normalized spacial score (nSPS) is 10.4. The molecule has 0 spiro atoms. The molecule has 3 rings (SSSR count). The van der Waals surface area contributed by atoms with Crippen molar-refractivity contribution in [3.8, 4) is 12.3 Å². The van der Waals surface area contributed by atoms with Gasteiger partial charge < -0.3 is 15.1 Å². The Morgan fingerprint density at radius 2 is 2.04 bits per heavy atom. The zero-order valence-corrected chi connectivity index (χ0v) is 15.4. The van der Waals surface area contributed by atoms with E-state index < -0.39 is 5.91 Å². The van der Waals surface area contributed by atoms with Crippen LogP contribution in [-0.2, 0) is 10.5 Å². The second-order valence-corrected chi connectivity index (χ2v) is 7.51. The van der Waals surface area contributed by atoms with Crippen LogP contribution in [0.1, 0.15) is 16.1 Å². The Hall–Kier alpha value is -2.69. The lowest BCUT2D eigenvalue weighted by molar-refractivity contribution is -0.119. The number of fused-ring (bicyclic) bond motifs is 1. The van der Waals surface area contributed by atoms with E-state index in [1.807, 2.05) is 41.8 Å². The maximum absolute atomic E-state index is 12.5. The Morgan fingerprint density at radius 1 is 1.19 bits per heavy atom. The highest BCUT2D eigenvalue weighted by Crippen LogP contribution is 2.33. The smallest absolute Gasteiger partial charge is 0.287 e. The Kier molecular flexibility index (Phi) is 6.00. The number of hydrogen-bond donors (Lipinski definition) is 2. The van der Waals surface area contributed by atoms with Crippen LogP contribution in [0.15, 0.2) is 50.4 Å². The van der Waals surface area contributed by atoms with E-state index in [1.54, 1.807) is 23.1 Å². The zero-order chi connectivity index (χ0) is 18.4. The van der Waals surface area contributed by atoms with Crippen molar-refractivity contribution in [2.45, 2.75) is 9.96 Å². The summed E-state index contributed by atoms with van der Waals surface area (Å²) in [6.45, 7) is -0.0306. The first-order valence-electron chi connectivity index (χ1n) is 7.84. The molecule has 0 radical (unpaired) electrons. The number of carbonyl (C=O) groups excluding carboxylic acids is 2. The maximum atomic E-state index is 12.5. The molecule has 26 heavy (non-hydrogen) atoms. The number of thiophene rings is 1. The summed E-state index contributed by atoms with van der Waals surface area (Å²) in [7, 11) is 0. The van der Waals surface area contributed by atoms with Crippen molar-refractivity contribution in [2.75, 3.05) is 13.1 Å². The molecule has 0 aliphatic rings. The van der Waals surface area contributed by atoms with E-state index in [9.17, 15) is 9.59 Å². The Balaban J connectivity index is 1.78. The predicted octanol–water partition coefficient (Wildman–Crippen LogP) is 3.27. The molecule has 7 heteroatoms. The van der Waals surface area contributed by atoms with Gasteiger partial charge in [0.05, 0.1) is 17.3 Å². The number of rotatable bonds is 7. The average Bonchev–Trinajstić information content (AvgIpc) is 3.30. The quantitative estimate of drug-likeness (QED) is 0.484. The number of hydrogen-bond acceptors (Lipinski definition) is 5. The minimum absolute atomic E-state index is 0.127. The molecule has 1 aromatic carbocycles. The van der Waals surface area contributed by atoms with Gasteiger partial charge in [-0.2, -0.15) is 0 Å². The molecule has 2 heterocycles. The summed E-state index contributed by atoms with van der Waals surface area (Å²) in [5.41, 5.74) is 1.47. The number of benzene rings is 1. The number of para-hydroxylation sites is 1.